The van der Waals surface area contributed by atoms with Crippen molar-refractivity contribution in [3.8, 4) is 0 Å². The third-order valence-electron chi connectivity index (χ3n) is 4.90. The van der Waals surface area contributed by atoms with Crippen molar-refractivity contribution in [2.75, 3.05) is 18.5 Å². The van der Waals surface area contributed by atoms with Crippen molar-refractivity contribution in [1.29, 1.82) is 0 Å². The number of hydrogen-bond acceptors (Lipinski definition) is 8. The molecule has 0 saturated carbocycles. The largest absolute Gasteiger partial charge is 0.371 e. The molecule has 0 aromatic carbocycles. The van der Waals surface area contributed by atoms with Crippen LogP contribution < -0.4 is 10.6 Å². The van der Waals surface area contributed by atoms with Crippen LogP contribution in [0.4, 0.5) is 5.13 Å². The Hall–Kier alpha value is -1.97. The van der Waals surface area contributed by atoms with E-state index in [2.05, 4.69) is 30.8 Å². The Balaban J connectivity index is 1.27. The number of anilines is 1. The van der Waals surface area contributed by atoms with E-state index in [-0.39, 0.29) is 18.6 Å². The van der Waals surface area contributed by atoms with Gasteiger partial charge in [0.2, 0.25) is 11.0 Å². The van der Waals surface area contributed by atoms with Gasteiger partial charge in [0, 0.05) is 18.0 Å². The van der Waals surface area contributed by atoms with Gasteiger partial charge in [0.15, 0.2) is 0 Å². The van der Waals surface area contributed by atoms with Crippen LogP contribution in [-0.4, -0.2) is 39.2 Å². The van der Waals surface area contributed by atoms with Gasteiger partial charge < -0.3 is 10.1 Å². The van der Waals surface area contributed by atoms with Crippen molar-refractivity contribution in [3.05, 3.63) is 27.8 Å². The molecule has 2 aliphatic rings. The lowest BCUT2D eigenvalue weighted by Crippen LogP contribution is -2.28. The molecule has 2 aromatic heterocycles. The first-order chi connectivity index (χ1) is 13.2. The molecular formula is C18H24N6O2S. The van der Waals surface area contributed by atoms with Gasteiger partial charge in [-0.15, -0.1) is 10.2 Å². The summed E-state index contributed by atoms with van der Waals surface area (Å²) >= 11 is 1.37. The first-order valence-electron chi connectivity index (χ1n) is 9.50. The summed E-state index contributed by atoms with van der Waals surface area (Å²) in [5.41, 5.74) is 3.54. The number of carbonyl (C=O) groups excluding carboxylic acids is 1. The number of hydrogen-bond donors (Lipinski definition) is 2. The molecule has 1 saturated heterocycles. The fourth-order valence-corrected chi connectivity index (χ4v) is 4.41. The molecule has 4 rings (SSSR count). The number of nitrogens with one attached hydrogen (secondary N) is 2. The van der Waals surface area contributed by atoms with E-state index >= 15 is 0 Å². The van der Waals surface area contributed by atoms with Crippen LogP contribution in [0.1, 0.15) is 59.6 Å². The Kier molecular flexibility index (Phi) is 5.70. The van der Waals surface area contributed by atoms with Crippen LogP contribution in [0.5, 0.6) is 0 Å². The minimum Gasteiger partial charge on any atom is -0.371 e. The molecule has 1 aliphatic heterocycles. The summed E-state index contributed by atoms with van der Waals surface area (Å²) in [7, 11) is 0. The SMILES string of the molecule is Cc1nc(CNCC(=O)Nc2nnc([C@@H]3CCCO3)s2)nc2c1CCCC2. The summed E-state index contributed by atoms with van der Waals surface area (Å²) in [5, 5.41) is 15.4. The lowest BCUT2D eigenvalue weighted by atomic mass is 9.95. The van der Waals surface area contributed by atoms with Gasteiger partial charge in [-0.2, -0.15) is 0 Å². The second kappa shape index (κ2) is 8.37. The van der Waals surface area contributed by atoms with Crippen LogP contribution >= 0.6 is 11.3 Å². The topological polar surface area (TPSA) is 102 Å². The highest BCUT2D eigenvalue weighted by molar-refractivity contribution is 7.15. The Morgan fingerprint density at radius 1 is 1.22 bits per heavy atom. The van der Waals surface area contributed by atoms with Crippen LogP contribution in [0.15, 0.2) is 0 Å². The zero-order valence-electron chi connectivity index (χ0n) is 15.5. The number of aryl methyl sites for hydroxylation is 2. The van der Waals surface area contributed by atoms with Crippen molar-refractivity contribution >= 4 is 22.4 Å². The number of fused-ring (bicyclic) bond motifs is 1. The zero-order valence-corrected chi connectivity index (χ0v) is 16.3. The lowest BCUT2D eigenvalue weighted by Gasteiger charge is -2.17. The summed E-state index contributed by atoms with van der Waals surface area (Å²) in [6, 6.07) is 0. The van der Waals surface area contributed by atoms with Crippen molar-refractivity contribution in [1.82, 2.24) is 25.5 Å². The second-order valence-corrected chi connectivity index (χ2v) is 7.97. The molecular weight excluding hydrogens is 364 g/mol. The molecule has 8 nitrogen and oxygen atoms in total. The molecule has 1 atom stereocenters. The molecule has 0 bridgehead atoms. The molecule has 1 amide bonds. The van der Waals surface area contributed by atoms with E-state index in [4.69, 9.17) is 4.74 Å². The average Bonchev–Trinajstić information content (AvgIpc) is 3.33. The molecule has 2 aromatic rings. The van der Waals surface area contributed by atoms with Crippen molar-refractivity contribution in [2.24, 2.45) is 0 Å². The van der Waals surface area contributed by atoms with E-state index in [1.807, 2.05) is 6.92 Å². The minimum absolute atomic E-state index is 0.0238. The van der Waals surface area contributed by atoms with Gasteiger partial charge in [-0.3, -0.25) is 10.1 Å². The van der Waals surface area contributed by atoms with Crippen molar-refractivity contribution in [3.63, 3.8) is 0 Å². The first kappa shape index (κ1) is 18.4. The molecule has 0 radical (unpaired) electrons. The second-order valence-electron chi connectivity index (χ2n) is 6.96. The first-order valence-corrected chi connectivity index (χ1v) is 10.3. The van der Waals surface area contributed by atoms with Crippen LogP contribution in [-0.2, 0) is 28.9 Å². The summed E-state index contributed by atoms with van der Waals surface area (Å²) < 4.78 is 5.59. The molecule has 27 heavy (non-hydrogen) atoms. The monoisotopic (exact) mass is 388 g/mol. The molecule has 3 heterocycles. The highest BCUT2D eigenvalue weighted by atomic mass is 32.1. The molecule has 1 aliphatic carbocycles. The van der Waals surface area contributed by atoms with Gasteiger partial charge in [-0.05, 0) is 51.0 Å². The van der Waals surface area contributed by atoms with Gasteiger partial charge in [-0.1, -0.05) is 11.3 Å². The predicted octanol–water partition coefficient (Wildman–Crippen LogP) is 2.10. The fourth-order valence-electron chi connectivity index (χ4n) is 3.56. The Morgan fingerprint density at radius 3 is 2.96 bits per heavy atom. The van der Waals surface area contributed by atoms with E-state index in [9.17, 15) is 4.79 Å². The van der Waals surface area contributed by atoms with Gasteiger partial charge in [0.1, 0.15) is 16.9 Å². The maximum Gasteiger partial charge on any atom is 0.240 e. The number of amides is 1. The Labute approximate surface area is 162 Å². The summed E-state index contributed by atoms with van der Waals surface area (Å²) in [6.07, 6.45) is 6.54. The Morgan fingerprint density at radius 2 is 2.11 bits per heavy atom. The number of ether oxygens (including phenoxy) is 1. The molecule has 0 spiro atoms. The van der Waals surface area contributed by atoms with Crippen LogP contribution in [0.2, 0.25) is 0 Å². The average molecular weight is 388 g/mol. The quantitative estimate of drug-likeness (QED) is 0.781. The van der Waals surface area contributed by atoms with Crippen molar-refractivity contribution < 1.29 is 9.53 Å². The minimum atomic E-state index is -0.153. The Bertz CT molecular complexity index is 818. The third-order valence-corrected chi connectivity index (χ3v) is 5.83. The summed E-state index contributed by atoms with van der Waals surface area (Å²) in [5.74, 6) is 0.595. The predicted molar refractivity (Wildman–Crippen MR) is 102 cm³/mol. The van der Waals surface area contributed by atoms with Crippen LogP contribution in [0.3, 0.4) is 0 Å². The van der Waals surface area contributed by atoms with Gasteiger partial charge in [-0.25, -0.2) is 9.97 Å². The normalized spacial score (nSPS) is 19.1. The smallest absolute Gasteiger partial charge is 0.240 e. The van der Waals surface area contributed by atoms with Gasteiger partial charge in [0.25, 0.3) is 0 Å². The third kappa shape index (κ3) is 4.48. The lowest BCUT2D eigenvalue weighted by molar-refractivity contribution is -0.115. The zero-order chi connectivity index (χ0) is 18.6. The summed E-state index contributed by atoms with van der Waals surface area (Å²) in [4.78, 5) is 21.4. The fraction of sp³-hybridized carbons (Fsp3) is 0.611. The molecule has 2 N–H and O–H groups in total. The highest BCUT2D eigenvalue weighted by Crippen LogP contribution is 2.31. The molecule has 9 heteroatoms. The van der Waals surface area contributed by atoms with E-state index < -0.39 is 0 Å². The number of rotatable bonds is 6. The van der Waals surface area contributed by atoms with Gasteiger partial charge >= 0.3 is 0 Å². The molecule has 144 valence electrons. The number of aromatic nitrogens is 4. The number of nitrogens with zero attached hydrogens (tertiary/aromatic N) is 4. The van der Waals surface area contributed by atoms with Gasteiger partial charge in [0.05, 0.1) is 13.1 Å². The standard InChI is InChI=1S/C18H24N6O2S/c1-11-12-5-2-3-6-13(12)21-15(20-11)9-19-10-16(25)22-18-24-23-17(27-18)14-7-4-8-26-14/h14,19H,2-10H2,1H3,(H,22,24,25)/t14-/m0/s1. The molecule has 1 fully saturated rings. The van der Waals surface area contributed by atoms with E-state index in [1.165, 1.54) is 35.4 Å². The maximum absolute atomic E-state index is 12.1. The number of carbonyl (C=O) groups is 1. The summed E-state index contributed by atoms with van der Waals surface area (Å²) in [6.45, 7) is 3.45. The maximum atomic E-state index is 12.1. The van der Waals surface area contributed by atoms with Crippen LogP contribution in [0, 0.1) is 6.92 Å². The van der Waals surface area contributed by atoms with E-state index in [0.29, 0.717) is 11.7 Å². The van der Waals surface area contributed by atoms with E-state index in [0.717, 1.165) is 48.8 Å². The highest BCUT2D eigenvalue weighted by Gasteiger charge is 2.22. The molecule has 0 unspecified atom stereocenters. The van der Waals surface area contributed by atoms with Crippen molar-refractivity contribution in [2.45, 2.75) is 58.1 Å². The van der Waals surface area contributed by atoms with Crippen LogP contribution in [0.25, 0.3) is 0 Å². The van der Waals surface area contributed by atoms with E-state index in [1.54, 1.807) is 0 Å².